The normalized spacial score (nSPS) is 20.4. The van der Waals surface area contributed by atoms with E-state index in [9.17, 15) is 4.79 Å². The number of carbonyl (C=O) groups excluding carboxylic acids is 1. The van der Waals surface area contributed by atoms with Crippen molar-refractivity contribution in [2.24, 2.45) is 5.73 Å². The minimum Gasteiger partial charge on any atom is -0.455 e. The molecule has 3 N–H and O–H groups in total. The van der Waals surface area contributed by atoms with E-state index in [0.29, 0.717) is 18.1 Å². The molecule has 1 aromatic rings. The van der Waals surface area contributed by atoms with Crippen molar-refractivity contribution < 1.29 is 14.3 Å². The van der Waals surface area contributed by atoms with E-state index in [1.54, 1.807) is 17.0 Å². The lowest BCUT2D eigenvalue weighted by Crippen LogP contribution is -2.37. The molecule has 0 unspecified atom stereocenters. The molecular formula is C11H16N2O3. The van der Waals surface area contributed by atoms with Gasteiger partial charge in [0.15, 0.2) is 5.76 Å². The van der Waals surface area contributed by atoms with Gasteiger partial charge in [-0.3, -0.25) is 4.79 Å². The number of furan rings is 1. The van der Waals surface area contributed by atoms with Crippen LogP contribution in [0.4, 0.5) is 0 Å². The molecule has 5 heteroatoms. The molecule has 0 aliphatic carbocycles. The quantitative estimate of drug-likeness (QED) is 0.775. The Kier molecular flexibility index (Phi) is 3.26. The minimum absolute atomic E-state index is 0.0101. The van der Waals surface area contributed by atoms with Gasteiger partial charge in [0.2, 0.25) is 0 Å². The van der Waals surface area contributed by atoms with Gasteiger partial charge < -0.3 is 20.2 Å². The molecule has 0 saturated carbocycles. The van der Waals surface area contributed by atoms with E-state index < -0.39 is 0 Å². The summed E-state index contributed by atoms with van der Waals surface area (Å²) in [7, 11) is 0. The molecule has 2 rings (SSSR count). The predicted molar refractivity (Wildman–Crippen MR) is 57.7 cm³/mol. The van der Waals surface area contributed by atoms with Gasteiger partial charge in [0.1, 0.15) is 5.76 Å². The Morgan fingerprint density at radius 3 is 3.06 bits per heavy atom. The Bertz CT molecular complexity index is 375. The summed E-state index contributed by atoms with van der Waals surface area (Å²) >= 11 is 0. The lowest BCUT2D eigenvalue weighted by molar-refractivity contribution is 0.0644. The highest BCUT2D eigenvalue weighted by Crippen LogP contribution is 2.20. The number of hydrogen-bond acceptors (Lipinski definition) is 4. The summed E-state index contributed by atoms with van der Waals surface area (Å²) in [5.74, 6) is 0.750. The summed E-state index contributed by atoms with van der Waals surface area (Å²) < 4.78 is 5.30. The number of likely N-dealkylation sites (tertiary alicyclic amines) is 1. The fourth-order valence-electron chi connectivity index (χ4n) is 2.04. The molecule has 2 heterocycles. The van der Waals surface area contributed by atoms with Gasteiger partial charge in [0, 0.05) is 6.54 Å². The van der Waals surface area contributed by atoms with Crippen molar-refractivity contribution in [3.05, 3.63) is 23.7 Å². The molecule has 1 saturated heterocycles. The van der Waals surface area contributed by atoms with Crippen LogP contribution in [0, 0.1) is 0 Å². The molecule has 0 bridgehead atoms. The lowest BCUT2D eigenvalue weighted by Gasteiger charge is -2.21. The van der Waals surface area contributed by atoms with Crippen LogP contribution in [-0.4, -0.2) is 35.1 Å². The molecule has 1 atom stereocenters. The maximum atomic E-state index is 12.0. The number of hydrogen-bond donors (Lipinski definition) is 2. The summed E-state index contributed by atoms with van der Waals surface area (Å²) in [6.45, 7) is 0.982. The fraction of sp³-hybridized carbons (Fsp3) is 0.545. The highest BCUT2D eigenvalue weighted by atomic mass is 16.4. The molecule has 0 spiro atoms. The summed E-state index contributed by atoms with van der Waals surface area (Å²) in [6.07, 6.45) is 1.79. The average molecular weight is 224 g/mol. The molecule has 16 heavy (non-hydrogen) atoms. The maximum absolute atomic E-state index is 12.0. The minimum atomic E-state index is -0.156. The number of rotatable bonds is 3. The number of carbonyl (C=O) groups is 1. The van der Waals surface area contributed by atoms with Crippen LogP contribution in [-0.2, 0) is 6.54 Å². The first kappa shape index (κ1) is 11.2. The van der Waals surface area contributed by atoms with Crippen LogP contribution in [0.1, 0.15) is 29.2 Å². The highest BCUT2D eigenvalue weighted by Gasteiger charge is 2.30. The van der Waals surface area contributed by atoms with Gasteiger partial charge in [-0.2, -0.15) is 0 Å². The van der Waals surface area contributed by atoms with E-state index in [-0.39, 0.29) is 25.1 Å². The zero-order valence-electron chi connectivity index (χ0n) is 9.06. The largest absolute Gasteiger partial charge is 0.455 e. The first-order valence-corrected chi connectivity index (χ1v) is 5.47. The Labute approximate surface area is 93.8 Å². The van der Waals surface area contributed by atoms with E-state index in [4.69, 9.17) is 15.3 Å². The zero-order valence-corrected chi connectivity index (χ0v) is 9.06. The number of aliphatic hydroxyl groups excluding tert-OH is 1. The van der Waals surface area contributed by atoms with Crippen molar-refractivity contribution >= 4 is 5.91 Å². The van der Waals surface area contributed by atoms with Gasteiger partial charge >= 0.3 is 0 Å². The van der Waals surface area contributed by atoms with Crippen LogP contribution in [0.2, 0.25) is 0 Å². The molecule has 0 radical (unpaired) electrons. The van der Waals surface area contributed by atoms with Gasteiger partial charge in [0.05, 0.1) is 19.2 Å². The number of nitrogens with two attached hydrogens (primary N) is 1. The van der Waals surface area contributed by atoms with E-state index >= 15 is 0 Å². The fourth-order valence-corrected chi connectivity index (χ4v) is 2.04. The summed E-state index contributed by atoms with van der Waals surface area (Å²) in [5, 5.41) is 9.14. The van der Waals surface area contributed by atoms with E-state index in [1.807, 2.05) is 0 Å². The van der Waals surface area contributed by atoms with Crippen molar-refractivity contribution in [3.8, 4) is 0 Å². The Morgan fingerprint density at radius 1 is 1.62 bits per heavy atom. The van der Waals surface area contributed by atoms with Crippen molar-refractivity contribution in [3.63, 3.8) is 0 Å². The molecule has 1 aliphatic rings. The standard InChI is InChI=1S/C11H16N2O3/c12-6-9-3-4-10(16-9)11(15)13-5-1-2-8(13)7-14/h3-4,8,14H,1-2,5-7,12H2/t8-/m0/s1. The van der Waals surface area contributed by atoms with Crippen LogP contribution in [0.15, 0.2) is 16.5 Å². The van der Waals surface area contributed by atoms with Crippen LogP contribution < -0.4 is 5.73 Å². The third-order valence-corrected chi connectivity index (χ3v) is 2.92. The molecule has 1 fully saturated rings. The highest BCUT2D eigenvalue weighted by molar-refractivity contribution is 5.92. The third kappa shape index (κ3) is 1.96. The smallest absolute Gasteiger partial charge is 0.289 e. The summed E-state index contributed by atoms with van der Waals surface area (Å²) in [5.41, 5.74) is 5.41. The molecule has 1 aromatic heterocycles. The van der Waals surface area contributed by atoms with E-state index in [1.165, 1.54) is 0 Å². The second kappa shape index (κ2) is 4.67. The molecule has 1 amide bonds. The maximum Gasteiger partial charge on any atom is 0.289 e. The van der Waals surface area contributed by atoms with Gasteiger partial charge in [-0.05, 0) is 25.0 Å². The third-order valence-electron chi connectivity index (χ3n) is 2.92. The van der Waals surface area contributed by atoms with Gasteiger partial charge in [0.25, 0.3) is 5.91 Å². The van der Waals surface area contributed by atoms with Crippen molar-refractivity contribution in [1.82, 2.24) is 4.90 Å². The Hall–Kier alpha value is -1.33. The number of amides is 1. The van der Waals surface area contributed by atoms with Crippen molar-refractivity contribution in [2.75, 3.05) is 13.2 Å². The Balaban J connectivity index is 2.12. The van der Waals surface area contributed by atoms with Gasteiger partial charge in [-0.1, -0.05) is 0 Å². The van der Waals surface area contributed by atoms with Crippen LogP contribution in [0.3, 0.4) is 0 Å². The first-order valence-electron chi connectivity index (χ1n) is 5.47. The van der Waals surface area contributed by atoms with Crippen LogP contribution >= 0.6 is 0 Å². The summed E-state index contributed by atoms with van der Waals surface area (Å²) in [6, 6.07) is 3.27. The van der Waals surface area contributed by atoms with Crippen molar-refractivity contribution in [1.29, 1.82) is 0 Å². The van der Waals surface area contributed by atoms with Crippen LogP contribution in [0.5, 0.6) is 0 Å². The topological polar surface area (TPSA) is 79.7 Å². The number of nitrogens with zero attached hydrogens (tertiary/aromatic N) is 1. The molecule has 1 aliphatic heterocycles. The Morgan fingerprint density at radius 2 is 2.44 bits per heavy atom. The second-order valence-electron chi connectivity index (χ2n) is 3.95. The first-order chi connectivity index (χ1) is 7.76. The average Bonchev–Trinajstić information content (AvgIpc) is 2.96. The molecule has 5 nitrogen and oxygen atoms in total. The van der Waals surface area contributed by atoms with Gasteiger partial charge in [-0.25, -0.2) is 0 Å². The zero-order chi connectivity index (χ0) is 11.5. The predicted octanol–water partition coefficient (Wildman–Crippen LogP) is 0.335. The molecule has 88 valence electrons. The molecule has 0 aromatic carbocycles. The van der Waals surface area contributed by atoms with Gasteiger partial charge in [-0.15, -0.1) is 0 Å². The van der Waals surface area contributed by atoms with E-state index in [0.717, 1.165) is 12.8 Å². The lowest BCUT2D eigenvalue weighted by atomic mass is 10.2. The number of aliphatic hydroxyl groups is 1. The summed E-state index contributed by atoms with van der Waals surface area (Å²) in [4.78, 5) is 13.7. The van der Waals surface area contributed by atoms with Crippen molar-refractivity contribution in [2.45, 2.75) is 25.4 Å². The van der Waals surface area contributed by atoms with Crippen LogP contribution in [0.25, 0.3) is 0 Å². The second-order valence-corrected chi connectivity index (χ2v) is 3.95. The monoisotopic (exact) mass is 224 g/mol. The molecular weight excluding hydrogens is 208 g/mol. The SMILES string of the molecule is NCc1ccc(C(=O)N2CCC[C@H]2CO)o1. The van der Waals surface area contributed by atoms with E-state index in [2.05, 4.69) is 0 Å².